The molecule has 1 N–H and O–H groups in total. The number of thioether (sulfide) groups is 1. The SMILES string of the molecule is CSc1nccn2c(-c3ccc(C(=O)NC4CCCCC4)cc3)cnc12. The van der Waals surface area contributed by atoms with Crippen molar-refractivity contribution >= 4 is 23.3 Å². The van der Waals surface area contributed by atoms with Crippen molar-refractivity contribution in [3.8, 4) is 11.3 Å². The van der Waals surface area contributed by atoms with Crippen molar-refractivity contribution in [3.05, 3.63) is 48.4 Å². The number of fused-ring (bicyclic) bond motifs is 1. The van der Waals surface area contributed by atoms with Crippen LogP contribution in [-0.2, 0) is 0 Å². The maximum absolute atomic E-state index is 12.5. The van der Waals surface area contributed by atoms with Crippen LogP contribution in [0.25, 0.3) is 16.9 Å². The number of imidazole rings is 1. The van der Waals surface area contributed by atoms with Crippen LogP contribution in [0.3, 0.4) is 0 Å². The molecule has 134 valence electrons. The standard InChI is InChI=1S/C20H22N4OS/c1-26-20-18-22-13-17(24(18)12-11-21-20)14-7-9-15(10-8-14)19(25)23-16-5-3-2-4-6-16/h7-13,16H,2-6H2,1H3,(H,23,25). The first kappa shape index (κ1) is 17.1. The summed E-state index contributed by atoms with van der Waals surface area (Å²) in [6.07, 6.45) is 13.5. The molecule has 1 saturated carbocycles. The number of hydrogen-bond donors (Lipinski definition) is 1. The molecule has 1 amide bonds. The van der Waals surface area contributed by atoms with Crippen LogP contribution in [0.4, 0.5) is 0 Å². The first-order valence-electron chi connectivity index (χ1n) is 9.03. The molecule has 3 aromatic rings. The normalized spacial score (nSPS) is 15.3. The Morgan fingerprint density at radius 1 is 1.15 bits per heavy atom. The van der Waals surface area contributed by atoms with Gasteiger partial charge in [-0.2, -0.15) is 0 Å². The van der Waals surface area contributed by atoms with Gasteiger partial charge in [-0.3, -0.25) is 9.20 Å². The van der Waals surface area contributed by atoms with Gasteiger partial charge in [0.15, 0.2) is 5.65 Å². The number of amides is 1. The van der Waals surface area contributed by atoms with E-state index in [1.165, 1.54) is 19.3 Å². The lowest BCUT2D eigenvalue weighted by Crippen LogP contribution is -2.36. The van der Waals surface area contributed by atoms with Gasteiger partial charge < -0.3 is 5.32 Å². The van der Waals surface area contributed by atoms with Gasteiger partial charge in [0.25, 0.3) is 5.91 Å². The highest BCUT2D eigenvalue weighted by molar-refractivity contribution is 7.98. The van der Waals surface area contributed by atoms with Gasteiger partial charge in [-0.25, -0.2) is 9.97 Å². The molecule has 6 heteroatoms. The van der Waals surface area contributed by atoms with Crippen LogP contribution in [0.15, 0.2) is 47.9 Å². The topological polar surface area (TPSA) is 59.3 Å². The molecule has 0 radical (unpaired) electrons. The second-order valence-electron chi connectivity index (χ2n) is 6.66. The third-order valence-corrected chi connectivity index (χ3v) is 5.65. The molecule has 2 aromatic heterocycles. The molecule has 1 aromatic carbocycles. The largest absolute Gasteiger partial charge is 0.349 e. The second-order valence-corrected chi connectivity index (χ2v) is 7.45. The van der Waals surface area contributed by atoms with Crippen LogP contribution in [0.2, 0.25) is 0 Å². The van der Waals surface area contributed by atoms with E-state index < -0.39 is 0 Å². The molecular formula is C20H22N4OS. The van der Waals surface area contributed by atoms with Crippen LogP contribution in [-0.4, -0.2) is 32.6 Å². The number of rotatable bonds is 4. The molecule has 0 aliphatic heterocycles. The highest BCUT2D eigenvalue weighted by Gasteiger charge is 2.17. The molecule has 0 atom stereocenters. The van der Waals surface area contributed by atoms with Gasteiger partial charge in [0.2, 0.25) is 0 Å². The van der Waals surface area contributed by atoms with Gasteiger partial charge in [0.1, 0.15) is 5.03 Å². The maximum Gasteiger partial charge on any atom is 0.251 e. The first-order chi connectivity index (χ1) is 12.8. The van der Waals surface area contributed by atoms with Crippen molar-refractivity contribution < 1.29 is 4.79 Å². The monoisotopic (exact) mass is 366 g/mol. The quantitative estimate of drug-likeness (QED) is 0.704. The number of benzene rings is 1. The minimum atomic E-state index is 0.0236. The minimum Gasteiger partial charge on any atom is -0.349 e. The average molecular weight is 366 g/mol. The summed E-state index contributed by atoms with van der Waals surface area (Å²) >= 11 is 1.58. The molecule has 1 aliphatic rings. The first-order valence-corrected chi connectivity index (χ1v) is 10.3. The summed E-state index contributed by atoms with van der Waals surface area (Å²) in [5.74, 6) is 0.0236. The Bertz CT molecular complexity index is 913. The fourth-order valence-corrected chi connectivity index (χ4v) is 4.06. The van der Waals surface area contributed by atoms with E-state index in [9.17, 15) is 4.79 Å². The molecule has 1 fully saturated rings. The average Bonchev–Trinajstić information content (AvgIpc) is 3.13. The summed E-state index contributed by atoms with van der Waals surface area (Å²) in [6, 6.07) is 8.08. The number of hydrogen-bond acceptors (Lipinski definition) is 4. The minimum absolute atomic E-state index is 0.0236. The van der Waals surface area contributed by atoms with Crippen LogP contribution in [0, 0.1) is 0 Å². The molecule has 0 unspecified atom stereocenters. The molecule has 26 heavy (non-hydrogen) atoms. The van der Waals surface area contributed by atoms with E-state index in [2.05, 4.69) is 15.3 Å². The highest BCUT2D eigenvalue weighted by atomic mass is 32.2. The predicted molar refractivity (Wildman–Crippen MR) is 105 cm³/mol. The zero-order valence-electron chi connectivity index (χ0n) is 14.8. The Balaban J connectivity index is 1.55. The summed E-state index contributed by atoms with van der Waals surface area (Å²) in [4.78, 5) is 21.3. The van der Waals surface area contributed by atoms with Crippen molar-refractivity contribution in [1.82, 2.24) is 19.7 Å². The fraction of sp³-hybridized carbons (Fsp3) is 0.350. The lowest BCUT2D eigenvalue weighted by Gasteiger charge is -2.22. The van der Waals surface area contributed by atoms with E-state index in [-0.39, 0.29) is 5.91 Å². The lowest BCUT2D eigenvalue weighted by molar-refractivity contribution is 0.0927. The Hall–Kier alpha value is -2.34. The molecule has 0 spiro atoms. The highest BCUT2D eigenvalue weighted by Crippen LogP contribution is 2.25. The number of nitrogens with zero attached hydrogens (tertiary/aromatic N) is 3. The zero-order valence-corrected chi connectivity index (χ0v) is 15.6. The smallest absolute Gasteiger partial charge is 0.251 e. The summed E-state index contributed by atoms with van der Waals surface area (Å²) in [5.41, 5.74) is 3.59. The van der Waals surface area contributed by atoms with E-state index in [0.29, 0.717) is 11.6 Å². The lowest BCUT2D eigenvalue weighted by atomic mass is 9.95. The second kappa shape index (κ2) is 7.50. The van der Waals surface area contributed by atoms with E-state index in [4.69, 9.17) is 0 Å². The zero-order chi connectivity index (χ0) is 17.9. The molecule has 0 bridgehead atoms. The molecule has 4 rings (SSSR count). The van der Waals surface area contributed by atoms with Gasteiger partial charge in [0.05, 0.1) is 11.9 Å². The van der Waals surface area contributed by atoms with Gasteiger partial charge in [-0.15, -0.1) is 11.8 Å². The van der Waals surface area contributed by atoms with Crippen LogP contribution < -0.4 is 5.32 Å². The Morgan fingerprint density at radius 2 is 1.92 bits per heavy atom. The van der Waals surface area contributed by atoms with E-state index >= 15 is 0 Å². The van der Waals surface area contributed by atoms with Crippen LogP contribution in [0.1, 0.15) is 42.5 Å². The van der Waals surface area contributed by atoms with Crippen molar-refractivity contribution in [2.24, 2.45) is 0 Å². The van der Waals surface area contributed by atoms with Crippen molar-refractivity contribution in [2.75, 3.05) is 6.26 Å². The van der Waals surface area contributed by atoms with Gasteiger partial charge >= 0.3 is 0 Å². The third kappa shape index (κ3) is 3.33. The van der Waals surface area contributed by atoms with Gasteiger partial charge in [-0.05, 0) is 31.2 Å². The van der Waals surface area contributed by atoms with E-state index in [0.717, 1.165) is 34.8 Å². The molecule has 5 nitrogen and oxygen atoms in total. The fourth-order valence-electron chi connectivity index (χ4n) is 3.56. The Kier molecular flexibility index (Phi) is 4.93. The molecule has 0 saturated heterocycles. The number of carbonyl (C=O) groups excluding carboxylic acids is 1. The number of nitrogens with one attached hydrogen (secondary N) is 1. The van der Waals surface area contributed by atoms with Crippen LogP contribution >= 0.6 is 11.8 Å². The van der Waals surface area contributed by atoms with Gasteiger partial charge in [-0.1, -0.05) is 31.4 Å². The van der Waals surface area contributed by atoms with Crippen molar-refractivity contribution in [3.63, 3.8) is 0 Å². The van der Waals surface area contributed by atoms with Crippen molar-refractivity contribution in [2.45, 2.75) is 43.2 Å². The predicted octanol–water partition coefficient (Wildman–Crippen LogP) is 4.18. The molecule has 1 aliphatic carbocycles. The summed E-state index contributed by atoms with van der Waals surface area (Å²) < 4.78 is 2.04. The summed E-state index contributed by atoms with van der Waals surface area (Å²) in [7, 11) is 0. The van der Waals surface area contributed by atoms with Crippen molar-refractivity contribution in [1.29, 1.82) is 0 Å². The van der Waals surface area contributed by atoms with Crippen LogP contribution in [0.5, 0.6) is 0 Å². The van der Waals surface area contributed by atoms with E-state index in [1.807, 2.05) is 47.3 Å². The number of carbonyl (C=O) groups is 1. The van der Waals surface area contributed by atoms with E-state index in [1.54, 1.807) is 18.0 Å². The number of aromatic nitrogens is 3. The molecule has 2 heterocycles. The maximum atomic E-state index is 12.5. The Morgan fingerprint density at radius 3 is 2.65 bits per heavy atom. The van der Waals surface area contributed by atoms with Gasteiger partial charge in [0, 0.05) is 29.6 Å². The molecular weight excluding hydrogens is 344 g/mol. The summed E-state index contributed by atoms with van der Waals surface area (Å²) in [6.45, 7) is 0. The Labute approximate surface area is 157 Å². The third-order valence-electron chi connectivity index (χ3n) is 4.97. The summed E-state index contributed by atoms with van der Waals surface area (Å²) in [5, 5.41) is 4.07.